The second-order valence-corrected chi connectivity index (χ2v) is 9.86. The standard InChI is InChI=1S/C22H24F3N3O4S/c23-22(24,25)17-6-7-20(27-8-1-2-9-27)19(15-17)26-21(29)16-4-3-5-18(14-16)33(30,31)28-10-12-32-13-11-28/h3-7,14-15H,1-2,8-13H2,(H,26,29). The summed E-state index contributed by atoms with van der Waals surface area (Å²) in [4.78, 5) is 14.8. The Morgan fingerprint density at radius 1 is 0.970 bits per heavy atom. The molecule has 0 saturated carbocycles. The third-order valence-electron chi connectivity index (χ3n) is 5.72. The highest BCUT2D eigenvalue weighted by atomic mass is 32.2. The minimum Gasteiger partial charge on any atom is -0.379 e. The van der Waals surface area contributed by atoms with E-state index >= 15 is 0 Å². The van der Waals surface area contributed by atoms with Gasteiger partial charge in [0.25, 0.3) is 5.91 Å². The molecule has 2 heterocycles. The number of morpholine rings is 1. The van der Waals surface area contributed by atoms with Crippen molar-refractivity contribution in [3.63, 3.8) is 0 Å². The van der Waals surface area contributed by atoms with E-state index in [1.165, 1.54) is 34.6 Å². The van der Waals surface area contributed by atoms with E-state index < -0.39 is 27.7 Å². The molecule has 2 aliphatic heterocycles. The first kappa shape index (κ1) is 23.5. The molecule has 178 valence electrons. The molecule has 0 unspecified atom stereocenters. The number of nitrogens with one attached hydrogen (secondary N) is 1. The molecule has 0 spiro atoms. The number of halogens is 3. The van der Waals surface area contributed by atoms with Crippen LogP contribution in [0.25, 0.3) is 0 Å². The fraction of sp³-hybridized carbons (Fsp3) is 0.409. The predicted octanol–water partition coefficient (Wildman–Crippen LogP) is 3.58. The molecule has 0 radical (unpaired) electrons. The number of hydrogen-bond acceptors (Lipinski definition) is 5. The Morgan fingerprint density at radius 3 is 2.33 bits per heavy atom. The van der Waals surface area contributed by atoms with Crippen molar-refractivity contribution in [3.05, 3.63) is 53.6 Å². The lowest BCUT2D eigenvalue weighted by Crippen LogP contribution is -2.40. The number of amides is 1. The third-order valence-corrected chi connectivity index (χ3v) is 7.62. The number of alkyl halides is 3. The van der Waals surface area contributed by atoms with Gasteiger partial charge < -0.3 is 15.0 Å². The molecule has 0 aliphatic carbocycles. The van der Waals surface area contributed by atoms with E-state index in [4.69, 9.17) is 4.74 Å². The summed E-state index contributed by atoms with van der Waals surface area (Å²) in [6.45, 7) is 2.36. The van der Waals surface area contributed by atoms with Crippen LogP contribution < -0.4 is 10.2 Å². The van der Waals surface area contributed by atoms with Crippen LogP contribution in [0, 0.1) is 0 Å². The summed E-state index contributed by atoms with van der Waals surface area (Å²) in [5.41, 5.74) is -0.289. The molecule has 1 amide bonds. The summed E-state index contributed by atoms with van der Waals surface area (Å²) in [7, 11) is -3.82. The number of anilines is 2. The zero-order valence-corrected chi connectivity index (χ0v) is 18.6. The Morgan fingerprint density at radius 2 is 1.67 bits per heavy atom. The number of rotatable bonds is 5. The van der Waals surface area contributed by atoms with Gasteiger partial charge in [-0.2, -0.15) is 17.5 Å². The molecule has 0 bridgehead atoms. The summed E-state index contributed by atoms with van der Waals surface area (Å²) in [6, 6.07) is 8.78. The zero-order valence-electron chi connectivity index (χ0n) is 17.8. The highest BCUT2D eigenvalue weighted by Crippen LogP contribution is 2.36. The summed E-state index contributed by atoms with van der Waals surface area (Å²) in [6.07, 6.45) is -2.74. The van der Waals surface area contributed by atoms with Gasteiger partial charge >= 0.3 is 6.18 Å². The molecule has 2 fully saturated rings. The van der Waals surface area contributed by atoms with E-state index in [-0.39, 0.29) is 42.4 Å². The Bertz CT molecular complexity index is 1130. The van der Waals surface area contributed by atoms with E-state index in [1.54, 1.807) is 0 Å². The van der Waals surface area contributed by atoms with Crippen LogP contribution in [0.4, 0.5) is 24.5 Å². The smallest absolute Gasteiger partial charge is 0.379 e. The first-order chi connectivity index (χ1) is 15.7. The van der Waals surface area contributed by atoms with Gasteiger partial charge in [0.05, 0.1) is 35.0 Å². The minimum atomic E-state index is -4.56. The van der Waals surface area contributed by atoms with E-state index in [0.717, 1.165) is 25.0 Å². The quantitative estimate of drug-likeness (QED) is 0.704. The third kappa shape index (κ3) is 5.15. The maximum Gasteiger partial charge on any atom is 0.416 e. The molecule has 4 rings (SSSR count). The molecule has 1 N–H and O–H groups in total. The fourth-order valence-corrected chi connectivity index (χ4v) is 5.43. The van der Waals surface area contributed by atoms with Gasteiger partial charge in [-0.1, -0.05) is 6.07 Å². The number of carbonyl (C=O) groups excluding carboxylic acids is 1. The van der Waals surface area contributed by atoms with Gasteiger partial charge in [0.15, 0.2) is 0 Å². The maximum atomic E-state index is 13.3. The van der Waals surface area contributed by atoms with Crippen molar-refractivity contribution in [3.8, 4) is 0 Å². The molecule has 2 aliphatic rings. The molecule has 2 aromatic carbocycles. The van der Waals surface area contributed by atoms with Crippen LogP contribution in [0.3, 0.4) is 0 Å². The van der Waals surface area contributed by atoms with Gasteiger partial charge in [0.2, 0.25) is 10.0 Å². The number of ether oxygens (including phenoxy) is 1. The van der Waals surface area contributed by atoms with Crippen molar-refractivity contribution in [1.29, 1.82) is 0 Å². The van der Waals surface area contributed by atoms with Crippen molar-refractivity contribution in [2.45, 2.75) is 23.9 Å². The van der Waals surface area contributed by atoms with Gasteiger partial charge in [-0.25, -0.2) is 8.42 Å². The molecule has 7 nitrogen and oxygen atoms in total. The molecule has 0 aromatic heterocycles. The highest BCUT2D eigenvalue weighted by molar-refractivity contribution is 7.89. The number of carbonyl (C=O) groups is 1. The van der Waals surface area contributed by atoms with Crippen molar-refractivity contribution in [1.82, 2.24) is 4.31 Å². The number of benzene rings is 2. The van der Waals surface area contributed by atoms with Crippen LogP contribution in [0.5, 0.6) is 0 Å². The monoisotopic (exact) mass is 483 g/mol. The molecule has 11 heteroatoms. The number of hydrogen-bond donors (Lipinski definition) is 1. The van der Waals surface area contributed by atoms with Crippen LogP contribution in [0.1, 0.15) is 28.8 Å². The Kier molecular flexibility index (Phi) is 6.64. The fourth-order valence-electron chi connectivity index (χ4n) is 3.97. The van der Waals surface area contributed by atoms with E-state index in [0.29, 0.717) is 18.8 Å². The first-order valence-electron chi connectivity index (χ1n) is 10.6. The normalized spacial score (nSPS) is 17.8. The van der Waals surface area contributed by atoms with Crippen LogP contribution in [-0.4, -0.2) is 58.0 Å². The lowest BCUT2D eigenvalue weighted by Gasteiger charge is -2.26. The largest absolute Gasteiger partial charge is 0.416 e. The molecule has 33 heavy (non-hydrogen) atoms. The lowest BCUT2D eigenvalue weighted by molar-refractivity contribution is -0.137. The molecular weight excluding hydrogens is 459 g/mol. The zero-order chi connectivity index (χ0) is 23.6. The van der Waals surface area contributed by atoms with Crippen molar-refractivity contribution in [2.24, 2.45) is 0 Å². The number of nitrogens with zero attached hydrogens (tertiary/aromatic N) is 2. The summed E-state index contributed by atoms with van der Waals surface area (Å²) >= 11 is 0. The second kappa shape index (κ2) is 9.32. The van der Waals surface area contributed by atoms with Crippen LogP contribution in [-0.2, 0) is 20.9 Å². The van der Waals surface area contributed by atoms with Gasteiger partial charge in [0, 0.05) is 31.7 Å². The Balaban J connectivity index is 1.62. The molecule has 2 aromatic rings. The van der Waals surface area contributed by atoms with Gasteiger partial charge in [0.1, 0.15) is 0 Å². The second-order valence-electron chi connectivity index (χ2n) is 7.92. The van der Waals surface area contributed by atoms with Crippen molar-refractivity contribution >= 4 is 27.3 Å². The van der Waals surface area contributed by atoms with E-state index in [1.807, 2.05) is 4.90 Å². The van der Waals surface area contributed by atoms with E-state index in [2.05, 4.69) is 5.32 Å². The molecular formula is C22H24F3N3O4S. The number of sulfonamides is 1. The van der Waals surface area contributed by atoms with Crippen LogP contribution >= 0.6 is 0 Å². The lowest BCUT2D eigenvalue weighted by atomic mass is 10.1. The van der Waals surface area contributed by atoms with Crippen molar-refractivity contribution in [2.75, 3.05) is 49.6 Å². The molecule has 2 saturated heterocycles. The average molecular weight is 484 g/mol. The minimum absolute atomic E-state index is 0.0362. The van der Waals surface area contributed by atoms with Crippen LogP contribution in [0.2, 0.25) is 0 Å². The van der Waals surface area contributed by atoms with E-state index in [9.17, 15) is 26.4 Å². The first-order valence-corrected chi connectivity index (χ1v) is 12.1. The SMILES string of the molecule is O=C(Nc1cc(C(F)(F)F)ccc1N1CCCC1)c1cccc(S(=O)(=O)N2CCOCC2)c1. The summed E-state index contributed by atoms with van der Waals surface area (Å²) in [5.74, 6) is -0.686. The maximum absolute atomic E-state index is 13.3. The van der Waals surface area contributed by atoms with Gasteiger partial charge in [-0.3, -0.25) is 4.79 Å². The summed E-state index contributed by atoms with van der Waals surface area (Å²) in [5, 5.41) is 2.57. The predicted molar refractivity (Wildman–Crippen MR) is 117 cm³/mol. The average Bonchev–Trinajstić information content (AvgIpc) is 3.34. The Hall–Kier alpha value is -2.63. The van der Waals surface area contributed by atoms with Crippen molar-refractivity contribution < 1.29 is 31.1 Å². The summed E-state index contributed by atoms with van der Waals surface area (Å²) < 4.78 is 72.2. The Labute approximate surface area is 190 Å². The topological polar surface area (TPSA) is 79.0 Å². The van der Waals surface area contributed by atoms with Gasteiger partial charge in [-0.15, -0.1) is 0 Å². The molecule has 0 atom stereocenters. The van der Waals surface area contributed by atoms with Crippen LogP contribution in [0.15, 0.2) is 47.4 Å². The highest BCUT2D eigenvalue weighted by Gasteiger charge is 2.32. The van der Waals surface area contributed by atoms with Gasteiger partial charge in [-0.05, 0) is 49.2 Å².